The van der Waals surface area contributed by atoms with E-state index in [4.69, 9.17) is 5.11 Å². The molecular formula is C14H14N4O2. The molecule has 0 aliphatic rings. The van der Waals surface area contributed by atoms with Crippen LogP contribution in [0.25, 0.3) is 11.0 Å². The Morgan fingerprint density at radius 3 is 2.85 bits per heavy atom. The number of rotatable bonds is 5. The van der Waals surface area contributed by atoms with Crippen molar-refractivity contribution in [1.29, 1.82) is 0 Å². The molecule has 102 valence electrons. The molecule has 2 aromatic heterocycles. The van der Waals surface area contributed by atoms with E-state index in [9.17, 15) is 4.79 Å². The first kappa shape index (κ1) is 12.4. The molecule has 0 spiro atoms. The number of benzene rings is 1. The van der Waals surface area contributed by atoms with Crippen LogP contribution in [0.2, 0.25) is 0 Å². The Bertz CT molecular complexity index is 731. The second-order valence-electron chi connectivity index (χ2n) is 4.52. The van der Waals surface area contributed by atoms with E-state index in [0.29, 0.717) is 13.1 Å². The van der Waals surface area contributed by atoms with Crippen LogP contribution in [0.4, 0.5) is 0 Å². The Morgan fingerprint density at radius 1 is 1.25 bits per heavy atom. The fourth-order valence-electron chi connectivity index (χ4n) is 2.24. The molecule has 6 heteroatoms. The van der Waals surface area contributed by atoms with E-state index >= 15 is 0 Å². The highest BCUT2D eigenvalue weighted by molar-refractivity contribution is 5.76. The quantitative estimate of drug-likeness (QED) is 0.766. The number of aryl methyl sites for hydroxylation is 1. The summed E-state index contributed by atoms with van der Waals surface area (Å²) in [5.41, 5.74) is 1.83. The molecule has 1 aromatic carbocycles. The zero-order chi connectivity index (χ0) is 13.9. The van der Waals surface area contributed by atoms with Gasteiger partial charge in [-0.1, -0.05) is 12.1 Å². The Labute approximate surface area is 115 Å². The van der Waals surface area contributed by atoms with Gasteiger partial charge in [0.1, 0.15) is 5.82 Å². The van der Waals surface area contributed by atoms with Gasteiger partial charge in [-0.2, -0.15) is 5.10 Å². The van der Waals surface area contributed by atoms with Crippen LogP contribution in [0.3, 0.4) is 0 Å². The summed E-state index contributed by atoms with van der Waals surface area (Å²) in [4.78, 5) is 15.4. The lowest BCUT2D eigenvalue weighted by Crippen LogP contribution is -2.11. The molecule has 3 aromatic rings. The van der Waals surface area contributed by atoms with Crippen molar-refractivity contribution in [1.82, 2.24) is 19.3 Å². The van der Waals surface area contributed by atoms with Gasteiger partial charge in [0.25, 0.3) is 0 Å². The summed E-state index contributed by atoms with van der Waals surface area (Å²) < 4.78 is 3.73. The summed E-state index contributed by atoms with van der Waals surface area (Å²) in [6.07, 6.45) is 3.65. The van der Waals surface area contributed by atoms with Crippen molar-refractivity contribution < 1.29 is 9.90 Å². The maximum Gasteiger partial charge on any atom is 0.305 e. The number of fused-ring (bicyclic) bond motifs is 1. The first-order valence-electron chi connectivity index (χ1n) is 6.37. The third-order valence-electron chi connectivity index (χ3n) is 3.15. The Kier molecular flexibility index (Phi) is 3.20. The van der Waals surface area contributed by atoms with Crippen LogP contribution < -0.4 is 0 Å². The van der Waals surface area contributed by atoms with E-state index in [-0.39, 0.29) is 6.42 Å². The smallest absolute Gasteiger partial charge is 0.305 e. The van der Waals surface area contributed by atoms with Crippen LogP contribution in [0.15, 0.2) is 42.7 Å². The minimum absolute atomic E-state index is 0.0759. The number of aliphatic carboxylic acids is 1. The van der Waals surface area contributed by atoms with Gasteiger partial charge in [-0.25, -0.2) is 4.98 Å². The molecule has 20 heavy (non-hydrogen) atoms. The molecule has 0 aliphatic heterocycles. The Balaban J connectivity index is 2.00. The van der Waals surface area contributed by atoms with Crippen molar-refractivity contribution in [3.8, 4) is 0 Å². The normalized spacial score (nSPS) is 11.0. The number of hydrogen-bond acceptors (Lipinski definition) is 3. The van der Waals surface area contributed by atoms with Crippen LogP contribution in [-0.4, -0.2) is 30.4 Å². The van der Waals surface area contributed by atoms with Crippen LogP contribution in [-0.2, 0) is 17.9 Å². The number of imidazole rings is 1. The maximum absolute atomic E-state index is 10.8. The highest BCUT2D eigenvalue weighted by Crippen LogP contribution is 2.17. The van der Waals surface area contributed by atoms with Crippen LogP contribution >= 0.6 is 0 Å². The number of aromatic nitrogens is 4. The van der Waals surface area contributed by atoms with E-state index in [0.717, 1.165) is 16.9 Å². The molecule has 0 saturated carbocycles. The van der Waals surface area contributed by atoms with Gasteiger partial charge in [0.15, 0.2) is 0 Å². The van der Waals surface area contributed by atoms with Gasteiger partial charge < -0.3 is 9.67 Å². The summed E-state index contributed by atoms with van der Waals surface area (Å²) in [6.45, 7) is 0.938. The van der Waals surface area contributed by atoms with E-state index < -0.39 is 5.97 Å². The highest BCUT2D eigenvalue weighted by Gasteiger charge is 2.12. The number of carboxylic acids is 1. The number of carboxylic acid groups (broad SMARTS) is 1. The average molecular weight is 270 g/mol. The van der Waals surface area contributed by atoms with E-state index in [2.05, 4.69) is 10.1 Å². The van der Waals surface area contributed by atoms with E-state index in [1.165, 1.54) is 0 Å². The zero-order valence-electron chi connectivity index (χ0n) is 10.8. The molecule has 0 bridgehead atoms. The second kappa shape index (κ2) is 5.16. The first-order chi connectivity index (χ1) is 9.74. The SMILES string of the molecule is O=C(O)CCn1c(Cn2cccn2)nc2ccccc21. The molecule has 0 aliphatic carbocycles. The topological polar surface area (TPSA) is 72.9 Å². The predicted octanol–water partition coefficient (Wildman–Crippen LogP) is 1.76. The summed E-state index contributed by atoms with van der Waals surface area (Å²) in [7, 11) is 0. The monoisotopic (exact) mass is 270 g/mol. The van der Waals surface area contributed by atoms with Crippen molar-refractivity contribution in [2.24, 2.45) is 0 Å². The molecule has 3 rings (SSSR count). The molecule has 1 N–H and O–H groups in total. The van der Waals surface area contributed by atoms with Gasteiger partial charge >= 0.3 is 5.97 Å². The molecular weight excluding hydrogens is 256 g/mol. The molecule has 0 fully saturated rings. The number of nitrogens with zero attached hydrogens (tertiary/aromatic N) is 4. The fraction of sp³-hybridized carbons (Fsp3) is 0.214. The van der Waals surface area contributed by atoms with Gasteiger partial charge in [-0.05, 0) is 18.2 Å². The molecule has 0 unspecified atom stereocenters. The maximum atomic E-state index is 10.8. The van der Waals surface area contributed by atoms with E-state index in [1.54, 1.807) is 10.9 Å². The van der Waals surface area contributed by atoms with Gasteiger partial charge in [0.2, 0.25) is 0 Å². The third kappa shape index (κ3) is 2.40. The predicted molar refractivity (Wildman–Crippen MR) is 73.3 cm³/mol. The Hall–Kier alpha value is -2.63. The molecule has 0 atom stereocenters. The van der Waals surface area contributed by atoms with Crippen LogP contribution in [0, 0.1) is 0 Å². The largest absolute Gasteiger partial charge is 0.481 e. The lowest BCUT2D eigenvalue weighted by molar-refractivity contribution is -0.137. The lowest BCUT2D eigenvalue weighted by atomic mass is 10.3. The minimum atomic E-state index is -0.812. The summed E-state index contributed by atoms with van der Waals surface area (Å²) >= 11 is 0. The van der Waals surface area contributed by atoms with Crippen molar-refractivity contribution in [3.63, 3.8) is 0 Å². The molecule has 0 radical (unpaired) electrons. The second-order valence-corrected chi connectivity index (χ2v) is 4.52. The average Bonchev–Trinajstić information content (AvgIpc) is 3.04. The number of para-hydroxylation sites is 2. The van der Waals surface area contributed by atoms with Crippen molar-refractivity contribution in [2.75, 3.05) is 0 Å². The van der Waals surface area contributed by atoms with Crippen molar-refractivity contribution in [3.05, 3.63) is 48.5 Å². The van der Waals surface area contributed by atoms with Crippen LogP contribution in [0.1, 0.15) is 12.2 Å². The Morgan fingerprint density at radius 2 is 2.10 bits per heavy atom. The summed E-state index contributed by atoms with van der Waals surface area (Å²) in [5, 5.41) is 13.0. The van der Waals surface area contributed by atoms with Crippen molar-refractivity contribution in [2.45, 2.75) is 19.5 Å². The number of carbonyl (C=O) groups is 1. The molecule has 6 nitrogen and oxygen atoms in total. The highest BCUT2D eigenvalue weighted by atomic mass is 16.4. The summed E-state index contributed by atoms with van der Waals surface area (Å²) in [6, 6.07) is 9.59. The zero-order valence-corrected chi connectivity index (χ0v) is 10.8. The summed E-state index contributed by atoms with van der Waals surface area (Å²) in [5.74, 6) is 0.00368. The molecule has 2 heterocycles. The third-order valence-corrected chi connectivity index (χ3v) is 3.15. The lowest BCUT2D eigenvalue weighted by Gasteiger charge is -2.07. The minimum Gasteiger partial charge on any atom is -0.481 e. The number of hydrogen-bond donors (Lipinski definition) is 1. The van der Waals surface area contributed by atoms with Crippen molar-refractivity contribution >= 4 is 17.0 Å². The van der Waals surface area contributed by atoms with E-state index in [1.807, 2.05) is 41.1 Å². The van der Waals surface area contributed by atoms with Gasteiger partial charge in [0.05, 0.1) is 24.0 Å². The first-order valence-corrected chi connectivity index (χ1v) is 6.37. The van der Waals surface area contributed by atoms with Gasteiger partial charge in [0, 0.05) is 18.9 Å². The van der Waals surface area contributed by atoms with Gasteiger partial charge in [-0.15, -0.1) is 0 Å². The van der Waals surface area contributed by atoms with Gasteiger partial charge in [-0.3, -0.25) is 9.48 Å². The fourth-order valence-corrected chi connectivity index (χ4v) is 2.24. The van der Waals surface area contributed by atoms with Crippen LogP contribution in [0.5, 0.6) is 0 Å². The molecule has 0 saturated heterocycles. The standard InChI is InChI=1S/C14H14N4O2/c19-14(20)6-9-18-12-5-2-1-4-11(12)16-13(18)10-17-8-3-7-15-17/h1-5,7-8H,6,9-10H2,(H,19,20). The molecule has 0 amide bonds.